The molecular formula is C29H25ClF2N4O4. The number of benzene rings is 3. The molecule has 2 heterocycles. The standard InChI is InChI=1S/C29H25ClF2N4O4/c30-24-10-9-22(15-25(24)32)36-16-23(28(34-36)19-3-5-20(31)6-4-19)29-35(26(37)17-40-29)14-12-18-1-7-21(8-2-18)33-13-11-27(38)39/h1-10,15-16,29,33H,11-14,17H2,(H,38,39). The van der Waals surface area contributed by atoms with E-state index in [-0.39, 0.29) is 24.0 Å². The van der Waals surface area contributed by atoms with Crippen LogP contribution in [-0.2, 0) is 20.7 Å². The summed E-state index contributed by atoms with van der Waals surface area (Å²) in [5.41, 5.74) is 3.86. The zero-order chi connectivity index (χ0) is 28.2. The van der Waals surface area contributed by atoms with Crippen molar-refractivity contribution in [2.45, 2.75) is 19.1 Å². The molecule has 0 spiro atoms. The number of carboxylic acids is 1. The van der Waals surface area contributed by atoms with Gasteiger partial charge in [0.15, 0.2) is 6.23 Å². The van der Waals surface area contributed by atoms with Crippen molar-refractivity contribution in [3.8, 4) is 16.9 Å². The number of anilines is 1. The molecule has 1 fully saturated rings. The molecule has 40 heavy (non-hydrogen) atoms. The third-order valence-electron chi connectivity index (χ3n) is 6.53. The molecule has 1 aliphatic rings. The molecule has 1 amide bonds. The number of nitrogens with zero attached hydrogens (tertiary/aromatic N) is 3. The van der Waals surface area contributed by atoms with E-state index in [2.05, 4.69) is 10.4 Å². The molecule has 3 aromatic carbocycles. The van der Waals surface area contributed by atoms with Crippen molar-refractivity contribution in [1.82, 2.24) is 14.7 Å². The SMILES string of the molecule is O=C(O)CCNc1ccc(CCN2C(=O)COC2c2cn(-c3ccc(Cl)c(F)c3)nc2-c2ccc(F)cc2)cc1. The van der Waals surface area contributed by atoms with E-state index in [9.17, 15) is 18.4 Å². The summed E-state index contributed by atoms with van der Waals surface area (Å²) in [5, 5.41) is 16.5. The van der Waals surface area contributed by atoms with Gasteiger partial charge in [0.1, 0.15) is 23.9 Å². The molecule has 4 aromatic rings. The Morgan fingerprint density at radius 3 is 2.55 bits per heavy atom. The van der Waals surface area contributed by atoms with Crippen molar-refractivity contribution >= 4 is 29.2 Å². The van der Waals surface area contributed by atoms with Crippen LogP contribution in [0.2, 0.25) is 5.02 Å². The molecule has 1 aliphatic heterocycles. The van der Waals surface area contributed by atoms with Crippen molar-refractivity contribution in [3.05, 3.63) is 101 Å². The highest BCUT2D eigenvalue weighted by Crippen LogP contribution is 2.35. The Balaban J connectivity index is 1.39. The van der Waals surface area contributed by atoms with Gasteiger partial charge in [-0.25, -0.2) is 13.5 Å². The van der Waals surface area contributed by atoms with E-state index >= 15 is 0 Å². The first kappa shape index (κ1) is 27.3. The predicted molar refractivity (Wildman–Crippen MR) is 145 cm³/mol. The number of aliphatic carboxylic acids is 1. The second kappa shape index (κ2) is 11.8. The van der Waals surface area contributed by atoms with E-state index in [1.807, 2.05) is 24.3 Å². The summed E-state index contributed by atoms with van der Waals surface area (Å²) in [5.74, 6) is -2.06. The molecule has 5 rings (SSSR count). The number of hydrogen-bond donors (Lipinski definition) is 2. The van der Waals surface area contributed by atoms with Gasteiger partial charge in [-0.05, 0) is 60.5 Å². The Hall–Kier alpha value is -4.28. The van der Waals surface area contributed by atoms with Crippen molar-refractivity contribution < 1.29 is 28.2 Å². The molecule has 206 valence electrons. The summed E-state index contributed by atoms with van der Waals surface area (Å²) in [7, 11) is 0. The van der Waals surface area contributed by atoms with Crippen LogP contribution in [0.3, 0.4) is 0 Å². The van der Waals surface area contributed by atoms with Crippen molar-refractivity contribution in [2.75, 3.05) is 25.0 Å². The van der Waals surface area contributed by atoms with E-state index < -0.39 is 23.8 Å². The van der Waals surface area contributed by atoms with Crippen LogP contribution < -0.4 is 5.32 Å². The van der Waals surface area contributed by atoms with Gasteiger partial charge in [-0.3, -0.25) is 9.59 Å². The largest absolute Gasteiger partial charge is 0.481 e. The number of aromatic nitrogens is 2. The molecule has 0 saturated carbocycles. The van der Waals surface area contributed by atoms with Crippen LogP contribution >= 0.6 is 11.6 Å². The van der Waals surface area contributed by atoms with Gasteiger partial charge in [0.25, 0.3) is 5.91 Å². The van der Waals surface area contributed by atoms with Crippen LogP contribution in [0.4, 0.5) is 14.5 Å². The Bertz CT molecular complexity index is 1530. The molecule has 1 atom stereocenters. The van der Waals surface area contributed by atoms with E-state index in [4.69, 9.17) is 21.4 Å². The molecular weight excluding hydrogens is 542 g/mol. The van der Waals surface area contributed by atoms with Crippen molar-refractivity contribution in [3.63, 3.8) is 0 Å². The summed E-state index contributed by atoms with van der Waals surface area (Å²) in [6.45, 7) is 0.572. The van der Waals surface area contributed by atoms with Gasteiger partial charge < -0.3 is 20.1 Å². The molecule has 0 radical (unpaired) electrons. The number of carbonyl (C=O) groups is 2. The maximum absolute atomic E-state index is 14.2. The topological polar surface area (TPSA) is 96.7 Å². The van der Waals surface area contributed by atoms with Crippen LogP contribution in [0.1, 0.15) is 23.8 Å². The zero-order valence-corrected chi connectivity index (χ0v) is 21.9. The van der Waals surface area contributed by atoms with Gasteiger partial charge in [0.05, 0.1) is 17.1 Å². The fourth-order valence-electron chi connectivity index (χ4n) is 4.47. The smallest absolute Gasteiger partial charge is 0.305 e. The average Bonchev–Trinajstić information content (AvgIpc) is 3.53. The number of nitrogens with one attached hydrogen (secondary N) is 1. The fourth-order valence-corrected chi connectivity index (χ4v) is 4.58. The zero-order valence-electron chi connectivity index (χ0n) is 21.2. The summed E-state index contributed by atoms with van der Waals surface area (Å²) in [6, 6.07) is 17.7. The minimum atomic E-state index is -0.871. The summed E-state index contributed by atoms with van der Waals surface area (Å²) in [4.78, 5) is 25.2. The third-order valence-corrected chi connectivity index (χ3v) is 6.83. The van der Waals surface area contributed by atoms with Gasteiger partial charge in [0.2, 0.25) is 0 Å². The summed E-state index contributed by atoms with van der Waals surface area (Å²) in [6.07, 6.45) is 1.48. The number of halogens is 3. The minimum Gasteiger partial charge on any atom is -0.481 e. The Morgan fingerprint density at radius 1 is 1.10 bits per heavy atom. The first-order valence-electron chi connectivity index (χ1n) is 12.5. The van der Waals surface area contributed by atoms with Crippen LogP contribution in [0.15, 0.2) is 72.9 Å². The number of amides is 1. The molecule has 8 nitrogen and oxygen atoms in total. The quantitative estimate of drug-likeness (QED) is 0.265. The lowest BCUT2D eigenvalue weighted by Gasteiger charge is -2.23. The number of carbonyl (C=O) groups excluding carboxylic acids is 1. The van der Waals surface area contributed by atoms with Crippen molar-refractivity contribution in [2.24, 2.45) is 0 Å². The fraction of sp³-hybridized carbons (Fsp3) is 0.207. The number of ether oxygens (including phenoxy) is 1. The van der Waals surface area contributed by atoms with E-state index in [1.54, 1.807) is 29.3 Å². The van der Waals surface area contributed by atoms with Crippen LogP contribution in [0, 0.1) is 11.6 Å². The maximum Gasteiger partial charge on any atom is 0.305 e. The third kappa shape index (κ3) is 6.13. The number of rotatable bonds is 10. The predicted octanol–water partition coefficient (Wildman–Crippen LogP) is 5.46. The lowest BCUT2D eigenvalue weighted by molar-refractivity contribution is -0.136. The number of hydrogen-bond acceptors (Lipinski definition) is 5. The lowest BCUT2D eigenvalue weighted by atomic mass is 10.1. The first-order valence-corrected chi connectivity index (χ1v) is 12.9. The van der Waals surface area contributed by atoms with Crippen LogP contribution in [0.25, 0.3) is 16.9 Å². The monoisotopic (exact) mass is 566 g/mol. The number of carboxylic acid groups (broad SMARTS) is 1. The van der Waals surface area contributed by atoms with E-state index in [0.29, 0.717) is 42.0 Å². The molecule has 2 N–H and O–H groups in total. The molecule has 0 bridgehead atoms. The van der Waals surface area contributed by atoms with Crippen LogP contribution in [0.5, 0.6) is 0 Å². The second-order valence-corrected chi connectivity index (χ2v) is 9.66. The Morgan fingerprint density at radius 2 is 1.85 bits per heavy atom. The van der Waals surface area contributed by atoms with Gasteiger partial charge in [-0.2, -0.15) is 5.10 Å². The second-order valence-electron chi connectivity index (χ2n) is 9.25. The highest BCUT2D eigenvalue weighted by Gasteiger charge is 2.36. The average molecular weight is 567 g/mol. The van der Waals surface area contributed by atoms with Gasteiger partial charge in [0, 0.05) is 42.2 Å². The normalized spacial score (nSPS) is 15.0. The summed E-state index contributed by atoms with van der Waals surface area (Å²) < 4.78 is 35.3. The molecule has 11 heteroatoms. The molecule has 1 saturated heterocycles. The summed E-state index contributed by atoms with van der Waals surface area (Å²) >= 11 is 5.85. The molecule has 0 aliphatic carbocycles. The van der Waals surface area contributed by atoms with E-state index in [1.165, 1.54) is 28.9 Å². The molecule has 1 aromatic heterocycles. The van der Waals surface area contributed by atoms with Gasteiger partial charge in [-0.1, -0.05) is 23.7 Å². The molecule has 1 unspecified atom stereocenters. The Labute approximate surface area is 233 Å². The first-order chi connectivity index (χ1) is 19.3. The highest BCUT2D eigenvalue weighted by molar-refractivity contribution is 6.30. The van der Waals surface area contributed by atoms with Crippen molar-refractivity contribution in [1.29, 1.82) is 0 Å². The van der Waals surface area contributed by atoms with Gasteiger partial charge in [-0.15, -0.1) is 0 Å². The highest BCUT2D eigenvalue weighted by atomic mass is 35.5. The Kier molecular flexibility index (Phi) is 8.09. The van der Waals surface area contributed by atoms with Crippen LogP contribution in [-0.4, -0.2) is 51.4 Å². The van der Waals surface area contributed by atoms with Gasteiger partial charge >= 0.3 is 5.97 Å². The lowest BCUT2D eigenvalue weighted by Crippen LogP contribution is -2.30. The van der Waals surface area contributed by atoms with E-state index in [0.717, 1.165) is 11.3 Å². The maximum atomic E-state index is 14.2. The minimum absolute atomic E-state index is 0.0175.